The van der Waals surface area contributed by atoms with E-state index >= 15 is 0 Å². The Morgan fingerprint density at radius 1 is 1.21 bits per heavy atom. The van der Waals surface area contributed by atoms with Crippen LogP contribution in [0.5, 0.6) is 0 Å². The first-order valence-electron chi connectivity index (χ1n) is 9.45. The lowest BCUT2D eigenvalue weighted by atomic mass is 9.97. The molecule has 1 saturated heterocycles. The molecule has 28 heavy (non-hydrogen) atoms. The molecule has 144 valence electrons. The average Bonchev–Trinajstić information content (AvgIpc) is 3.22. The summed E-state index contributed by atoms with van der Waals surface area (Å²) in [5.41, 5.74) is 2.51. The van der Waals surface area contributed by atoms with Gasteiger partial charge in [-0.25, -0.2) is 9.37 Å². The number of anilines is 1. The minimum Gasteiger partial charge on any atom is -0.326 e. The molecule has 2 heterocycles. The Bertz CT molecular complexity index is 927. The summed E-state index contributed by atoms with van der Waals surface area (Å²) in [6.07, 6.45) is 3.74. The molecule has 1 amide bonds. The molecule has 0 aliphatic carbocycles. The van der Waals surface area contributed by atoms with Gasteiger partial charge < -0.3 is 5.32 Å². The van der Waals surface area contributed by atoms with Gasteiger partial charge in [0.05, 0.1) is 12.5 Å². The van der Waals surface area contributed by atoms with Crippen molar-refractivity contribution in [2.24, 2.45) is 5.92 Å². The Morgan fingerprint density at radius 2 is 2.07 bits per heavy atom. The Morgan fingerprint density at radius 3 is 2.82 bits per heavy atom. The van der Waals surface area contributed by atoms with Gasteiger partial charge in [-0.3, -0.25) is 9.69 Å². The van der Waals surface area contributed by atoms with Crippen molar-refractivity contribution >= 4 is 22.9 Å². The van der Waals surface area contributed by atoms with Gasteiger partial charge in [0.25, 0.3) is 0 Å². The minimum absolute atomic E-state index is 0.0170. The number of hydrogen-bond acceptors (Lipinski definition) is 4. The lowest BCUT2D eigenvalue weighted by molar-refractivity contribution is -0.121. The van der Waals surface area contributed by atoms with Crippen LogP contribution in [0.2, 0.25) is 0 Å². The van der Waals surface area contributed by atoms with Gasteiger partial charge in [0, 0.05) is 23.8 Å². The second-order valence-electron chi connectivity index (χ2n) is 7.08. The van der Waals surface area contributed by atoms with Crippen LogP contribution in [0, 0.1) is 11.7 Å². The topological polar surface area (TPSA) is 45.2 Å². The Balaban J connectivity index is 1.36. The molecule has 6 heteroatoms. The summed E-state index contributed by atoms with van der Waals surface area (Å²) in [4.78, 5) is 19.4. The molecule has 1 N–H and O–H groups in total. The molecule has 0 unspecified atom stereocenters. The third-order valence-electron chi connectivity index (χ3n) is 5.03. The van der Waals surface area contributed by atoms with E-state index in [4.69, 9.17) is 0 Å². The molecule has 1 atom stereocenters. The Kier molecular flexibility index (Phi) is 5.78. The van der Waals surface area contributed by atoms with Crippen molar-refractivity contribution in [2.75, 3.05) is 18.4 Å². The Labute approximate surface area is 168 Å². The van der Waals surface area contributed by atoms with E-state index < -0.39 is 0 Å². The fraction of sp³-hybridized carbons (Fsp3) is 0.273. The van der Waals surface area contributed by atoms with E-state index in [9.17, 15) is 9.18 Å². The molecule has 1 aromatic heterocycles. The number of likely N-dealkylation sites (tertiary alicyclic amines) is 1. The zero-order chi connectivity index (χ0) is 19.3. The molecule has 0 spiro atoms. The molecule has 0 radical (unpaired) electrons. The molecular weight excluding hydrogens is 373 g/mol. The largest absolute Gasteiger partial charge is 0.326 e. The van der Waals surface area contributed by atoms with Crippen molar-refractivity contribution in [3.63, 3.8) is 0 Å². The number of rotatable bonds is 5. The summed E-state index contributed by atoms with van der Waals surface area (Å²) in [5, 5.41) is 6.10. The maximum Gasteiger partial charge on any atom is 0.228 e. The first kappa shape index (κ1) is 18.8. The van der Waals surface area contributed by atoms with Gasteiger partial charge in [-0.1, -0.05) is 24.3 Å². The fourth-order valence-corrected chi connectivity index (χ4v) is 4.25. The third-order valence-corrected chi connectivity index (χ3v) is 5.79. The second kappa shape index (κ2) is 8.63. The third kappa shape index (κ3) is 4.64. The molecule has 1 aliphatic heterocycles. The molecule has 4 rings (SSSR count). The second-order valence-corrected chi connectivity index (χ2v) is 8.06. The van der Waals surface area contributed by atoms with E-state index in [0.717, 1.165) is 54.3 Å². The quantitative estimate of drug-likeness (QED) is 0.675. The van der Waals surface area contributed by atoms with Crippen LogP contribution >= 0.6 is 11.3 Å². The van der Waals surface area contributed by atoms with E-state index in [1.54, 1.807) is 17.4 Å². The van der Waals surface area contributed by atoms with Crippen molar-refractivity contribution < 1.29 is 9.18 Å². The lowest BCUT2D eigenvalue weighted by Gasteiger charge is -2.31. The molecular formula is C22H22FN3OS. The number of hydrogen-bond donors (Lipinski definition) is 1. The first-order chi connectivity index (χ1) is 13.7. The number of nitrogens with one attached hydrogen (secondary N) is 1. The number of piperidine rings is 1. The van der Waals surface area contributed by atoms with Gasteiger partial charge in [0.1, 0.15) is 10.8 Å². The van der Waals surface area contributed by atoms with Gasteiger partial charge in [-0.2, -0.15) is 0 Å². The van der Waals surface area contributed by atoms with Crippen molar-refractivity contribution in [3.05, 3.63) is 70.9 Å². The van der Waals surface area contributed by atoms with Crippen molar-refractivity contribution in [1.82, 2.24) is 9.88 Å². The summed E-state index contributed by atoms with van der Waals surface area (Å²) in [7, 11) is 0. The van der Waals surface area contributed by atoms with Gasteiger partial charge in [0.2, 0.25) is 5.91 Å². The normalized spacial score (nSPS) is 17.4. The van der Waals surface area contributed by atoms with Crippen molar-refractivity contribution in [3.8, 4) is 11.1 Å². The van der Waals surface area contributed by atoms with Gasteiger partial charge in [0.15, 0.2) is 0 Å². The number of thiazole rings is 1. The summed E-state index contributed by atoms with van der Waals surface area (Å²) >= 11 is 1.65. The highest BCUT2D eigenvalue weighted by molar-refractivity contribution is 7.09. The van der Waals surface area contributed by atoms with Gasteiger partial charge >= 0.3 is 0 Å². The van der Waals surface area contributed by atoms with Crippen LogP contribution in [0.25, 0.3) is 11.1 Å². The minimum atomic E-state index is -0.255. The highest BCUT2D eigenvalue weighted by atomic mass is 32.1. The van der Waals surface area contributed by atoms with Gasteiger partial charge in [-0.15, -0.1) is 11.3 Å². The summed E-state index contributed by atoms with van der Waals surface area (Å²) in [5.74, 6) is -0.214. The molecule has 3 aromatic rings. The van der Waals surface area contributed by atoms with Crippen LogP contribution in [0.1, 0.15) is 17.8 Å². The molecule has 1 fully saturated rings. The highest BCUT2D eigenvalue weighted by Crippen LogP contribution is 2.24. The molecule has 4 nitrogen and oxygen atoms in total. The van der Waals surface area contributed by atoms with E-state index in [-0.39, 0.29) is 17.6 Å². The van der Waals surface area contributed by atoms with Crippen LogP contribution in [0.15, 0.2) is 60.1 Å². The highest BCUT2D eigenvalue weighted by Gasteiger charge is 2.26. The number of nitrogens with zero attached hydrogens (tertiary/aromatic N) is 2. The predicted octanol–water partition coefficient (Wildman–Crippen LogP) is 4.80. The maximum absolute atomic E-state index is 13.4. The number of carbonyl (C=O) groups is 1. The summed E-state index contributed by atoms with van der Waals surface area (Å²) < 4.78 is 13.4. The molecule has 1 aliphatic rings. The van der Waals surface area contributed by atoms with E-state index in [2.05, 4.69) is 15.2 Å². The van der Waals surface area contributed by atoms with Crippen LogP contribution in [0.4, 0.5) is 10.1 Å². The lowest BCUT2D eigenvalue weighted by Crippen LogP contribution is -2.40. The van der Waals surface area contributed by atoms with E-state index in [1.165, 1.54) is 12.1 Å². The number of amides is 1. The van der Waals surface area contributed by atoms with Gasteiger partial charge in [-0.05, 0) is 54.8 Å². The standard InChI is InChI=1S/C22H22FN3OS/c23-19-5-1-3-17(13-19)16-6-8-20(9-7-16)25-22(27)18-4-2-11-26(14-18)15-21-24-10-12-28-21/h1,3,5-10,12-13,18H,2,4,11,14-15H2,(H,25,27)/t18-/m0/s1. The SMILES string of the molecule is O=C(Nc1ccc(-c2cccc(F)c2)cc1)[C@H]1CCCN(Cc2nccs2)C1. The van der Waals surface area contributed by atoms with E-state index in [0.29, 0.717) is 0 Å². The zero-order valence-electron chi connectivity index (χ0n) is 15.5. The first-order valence-corrected chi connectivity index (χ1v) is 10.3. The molecule has 0 bridgehead atoms. The molecule has 2 aromatic carbocycles. The number of carbonyl (C=O) groups excluding carboxylic acids is 1. The molecule has 0 saturated carbocycles. The smallest absolute Gasteiger partial charge is 0.228 e. The van der Waals surface area contributed by atoms with Crippen LogP contribution in [0.3, 0.4) is 0 Å². The van der Waals surface area contributed by atoms with Crippen molar-refractivity contribution in [1.29, 1.82) is 0 Å². The monoisotopic (exact) mass is 395 g/mol. The maximum atomic E-state index is 13.4. The summed E-state index contributed by atoms with van der Waals surface area (Å²) in [6, 6.07) is 14.0. The number of halogens is 1. The van der Waals surface area contributed by atoms with Crippen LogP contribution in [-0.2, 0) is 11.3 Å². The summed E-state index contributed by atoms with van der Waals surface area (Å²) in [6.45, 7) is 2.57. The van der Waals surface area contributed by atoms with Crippen LogP contribution in [-0.4, -0.2) is 28.9 Å². The van der Waals surface area contributed by atoms with E-state index in [1.807, 2.05) is 41.9 Å². The zero-order valence-corrected chi connectivity index (χ0v) is 16.3. The predicted molar refractivity (Wildman–Crippen MR) is 111 cm³/mol. The number of aromatic nitrogens is 1. The number of benzene rings is 2. The van der Waals surface area contributed by atoms with Crippen LogP contribution < -0.4 is 5.32 Å². The van der Waals surface area contributed by atoms with Crippen molar-refractivity contribution in [2.45, 2.75) is 19.4 Å². The fourth-order valence-electron chi connectivity index (χ4n) is 3.59. The average molecular weight is 396 g/mol. The Hall–Kier alpha value is -2.57.